The molecule has 2 aliphatic rings. The van der Waals surface area contributed by atoms with Gasteiger partial charge in [0.1, 0.15) is 0 Å². The number of hydrogen-bond donors (Lipinski definition) is 5. The molecule has 2 aliphatic heterocycles. The van der Waals surface area contributed by atoms with E-state index in [-0.39, 0.29) is 20.8 Å². The summed E-state index contributed by atoms with van der Waals surface area (Å²) in [7, 11) is 0. The molecule has 11 nitrogen and oxygen atoms in total. The second kappa shape index (κ2) is 7.90. The van der Waals surface area contributed by atoms with Gasteiger partial charge in [-0.15, -0.1) is 0 Å². The van der Waals surface area contributed by atoms with E-state index in [0.717, 1.165) is 0 Å². The Hall–Kier alpha value is -1.69. The second-order valence-corrected chi connectivity index (χ2v) is 8.49. The molecule has 3 rings (SSSR count). The molecule has 1 aromatic heterocycles. The first-order valence-electron chi connectivity index (χ1n) is 7.99. The summed E-state index contributed by atoms with van der Waals surface area (Å²) >= 11 is 0.0228. The van der Waals surface area contributed by atoms with Crippen molar-refractivity contribution in [3.8, 4) is 0 Å². The molecule has 0 aliphatic carbocycles. The molecular weight excluding hydrogens is 411 g/mol. The van der Waals surface area contributed by atoms with Crippen molar-refractivity contribution in [1.82, 2.24) is 9.97 Å². The SMILES string of the molecule is Nc1ncnc2c1N=N[C@H]2[C@@H]1O[C@H](C[Se]CCC(N)C(=O)O)[C@@H](O)[C@H]1O. The van der Waals surface area contributed by atoms with Gasteiger partial charge in [-0.05, 0) is 0 Å². The number of nitrogen functional groups attached to an aromatic ring is 1. The van der Waals surface area contributed by atoms with Crippen LogP contribution >= 0.6 is 0 Å². The third-order valence-corrected chi connectivity index (χ3v) is 6.61. The molecule has 1 aromatic rings. The third kappa shape index (κ3) is 3.70. The number of aliphatic hydroxyl groups is 2. The fourth-order valence-corrected chi connectivity index (χ4v) is 5.13. The average Bonchev–Trinajstić information content (AvgIpc) is 3.15. The summed E-state index contributed by atoms with van der Waals surface area (Å²) in [5.74, 6) is -0.830. The van der Waals surface area contributed by atoms with E-state index in [0.29, 0.717) is 28.4 Å². The van der Waals surface area contributed by atoms with E-state index in [1.165, 1.54) is 6.33 Å². The summed E-state index contributed by atoms with van der Waals surface area (Å²) < 4.78 is 5.83. The minimum absolute atomic E-state index is 0.0228. The number of carbonyl (C=O) groups is 1. The first-order chi connectivity index (χ1) is 12.4. The molecule has 26 heavy (non-hydrogen) atoms. The van der Waals surface area contributed by atoms with Gasteiger partial charge in [-0.1, -0.05) is 0 Å². The van der Waals surface area contributed by atoms with E-state index < -0.39 is 42.5 Å². The number of anilines is 1. The van der Waals surface area contributed by atoms with Gasteiger partial charge >= 0.3 is 155 Å². The van der Waals surface area contributed by atoms with Gasteiger partial charge in [0.25, 0.3) is 0 Å². The van der Waals surface area contributed by atoms with E-state index in [9.17, 15) is 15.0 Å². The molecule has 0 spiro atoms. The number of aliphatic carboxylic acids is 1. The van der Waals surface area contributed by atoms with Crippen molar-refractivity contribution in [2.75, 3.05) is 5.73 Å². The van der Waals surface area contributed by atoms with Gasteiger partial charge in [-0.2, -0.15) is 0 Å². The van der Waals surface area contributed by atoms with Gasteiger partial charge in [-0.3, -0.25) is 0 Å². The molecule has 142 valence electrons. The van der Waals surface area contributed by atoms with Crippen LogP contribution in [0.2, 0.25) is 10.6 Å². The van der Waals surface area contributed by atoms with Gasteiger partial charge in [0.15, 0.2) is 0 Å². The molecule has 6 atom stereocenters. The first-order valence-corrected chi connectivity index (χ1v) is 10.4. The Morgan fingerprint density at radius 3 is 2.85 bits per heavy atom. The number of carboxylic acids is 1. The average molecular weight is 431 g/mol. The van der Waals surface area contributed by atoms with E-state index in [4.69, 9.17) is 21.3 Å². The number of nitrogens with zero attached hydrogens (tertiary/aromatic N) is 4. The summed E-state index contributed by atoms with van der Waals surface area (Å²) in [6.45, 7) is 0. The molecule has 0 radical (unpaired) electrons. The Kier molecular flexibility index (Phi) is 5.80. The second-order valence-electron chi connectivity index (χ2n) is 6.08. The van der Waals surface area contributed by atoms with Crippen LogP contribution in [0.25, 0.3) is 0 Å². The van der Waals surface area contributed by atoms with Gasteiger partial charge in [-0.25, -0.2) is 0 Å². The Morgan fingerprint density at radius 1 is 1.35 bits per heavy atom. The maximum absolute atomic E-state index is 10.7. The molecule has 0 aromatic carbocycles. The van der Waals surface area contributed by atoms with Crippen LogP contribution in [0.4, 0.5) is 11.5 Å². The quantitative estimate of drug-likeness (QED) is 0.267. The third-order valence-electron chi connectivity index (χ3n) is 4.32. The summed E-state index contributed by atoms with van der Waals surface area (Å²) in [6, 6.07) is -1.54. The number of rotatable bonds is 7. The number of fused-ring (bicyclic) bond motifs is 1. The van der Waals surface area contributed by atoms with Crippen LogP contribution in [-0.4, -0.2) is 76.7 Å². The van der Waals surface area contributed by atoms with E-state index in [1.807, 2.05) is 0 Å². The van der Waals surface area contributed by atoms with Crippen LogP contribution in [-0.2, 0) is 9.53 Å². The van der Waals surface area contributed by atoms with Gasteiger partial charge in [0, 0.05) is 0 Å². The standard InChI is InChI=1S/C14H20N6O5Se/c15-5(14(23)24)1-2-26-3-6-10(21)11(22)12(25-6)8-7-9(20-19-8)13(16)18-4-17-7/h4-6,8,10-12,21-22H,1-3,15H2,(H,23,24)(H2,16,17,18)/t5?,6-,8-,10-,11-,12+/m1/s1. The van der Waals surface area contributed by atoms with Crippen LogP contribution in [0, 0.1) is 0 Å². The number of azo groups is 1. The molecule has 0 saturated carbocycles. The first kappa shape index (κ1) is 19.1. The van der Waals surface area contributed by atoms with Crippen LogP contribution in [0.5, 0.6) is 0 Å². The van der Waals surface area contributed by atoms with Crippen molar-refractivity contribution < 1.29 is 24.9 Å². The number of nitrogens with two attached hydrogens (primary N) is 2. The van der Waals surface area contributed by atoms with Crippen molar-refractivity contribution in [1.29, 1.82) is 0 Å². The van der Waals surface area contributed by atoms with Gasteiger partial charge in [0.05, 0.1) is 0 Å². The normalized spacial score (nSPS) is 31.1. The minimum atomic E-state index is -1.14. The molecule has 3 heterocycles. The van der Waals surface area contributed by atoms with Gasteiger partial charge in [0.2, 0.25) is 0 Å². The van der Waals surface area contributed by atoms with Crippen molar-refractivity contribution >= 4 is 32.4 Å². The van der Waals surface area contributed by atoms with Gasteiger partial charge < -0.3 is 0 Å². The van der Waals surface area contributed by atoms with Crippen LogP contribution in [0.3, 0.4) is 0 Å². The number of carboxylic acid groups (broad SMARTS) is 1. The molecule has 0 bridgehead atoms. The fraction of sp³-hybridized carbons (Fsp3) is 0.643. The van der Waals surface area contributed by atoms with Crippen molar-refractivity contribution in [3.63, 3.8) is 0 Å². The van der Waals surface area contributed by atoms with Crippen LogP contribution in [0.1, 0.15) is 18.2 Å². The molecule has 7 N–H and O–H groups in total. The monoisotopic (exact) mass is 432 g/mol. The van der Waals surface area contributed by atoms with Crippen molar-refractivity contribution in [2.24, 2.45) is 16.0 Å². The van der Waals surface area contributed by atoms with Crippen LogP contribution in [0.15, 0.2) is 16.6 Å². The Balaban J connectivity index is 1.58. The summed E-state index contributed by atoms with van der Waals surface area (Å²) in [5.41, 5.74) is 12.0. The topological polar surface area (TPSA) is 190 Å². The molecule has 12 heteroatoms. The van der Waals surface area contributed by atoms with E-state index in [1.54, 1.807) is 0 Å². The molecule has 1 saturated heterocycles. The van der Waals surface area contributed by atoms with E-state index in [2.05, 4.69) is 20.2 Å². The number of aliphatic hydroxyl groups excluding tert-OH is 2. The summed E-state index contributed by atoms with van der Waals surface area (Å²) in [4.78, 5) is 18.7. The van der Waals surface area contributed by atoms with Crippen molar-refractivity contribution in [2.45, 2.75) is 53.6 Å². The fourth-order valence-electron chi connectivity index (χ4n) is 2.83. The zero-order valence-corrected chi connectivity index (χ0v) is 15.4. The molecule has 1 fully saturated rings. The number of hydrogen-bond acceptors (Lipinski definition) is 10. The molecular formula is C14H20N6O5Se. The van der Waals surface area contributed by atoms with Crippen LogP contribution < -0.4 is 11.5 Å². The van der Waals surface area contributed by atoms with E-state index >= 15 is 0 Å². The predicted octanol–water partition coefficient (Wildman–Crippen LogP) is -0.971. The molecule has 0 amide bonds. The maximum atomic E-state index is 10.7. The Labute approximate surface area is 155 Å². The number of aromatic nitrogens is 2. The predicted molar refractivity (Wildman–Crippen MR) is 90.0 cm³/mol. The summed E-state index contributed by atoms with van der Waals surface area (Å²) in [6.07, 6.45) is -1.89. The Bertz CT molecular complexity index is 706. The zero-order chi connectivity index (χ0) is 18.8. The van der Waals surface area contributed by atoms with Crippen molar-refractivity contribution in [3.05, 3.63) is 12.0 Å². The zero-order valence-electron chi connectivity index (χ0n) is 13.7. The summed E-state index contributed by atoms with van der Waals surface area (Å²) in [5, 5.41) is 38.6. The Morgan fingerprint density at radius 2 is 2.12 bits per heavy atom. The number of ether oxygens (including phenoxy) is 1. The molecule has 1 unspecified atom stereocenters.